The van der Waals surface area contributed by atoms with Gasteiger partial charge in [0.05, 0.1) is 23.7 Å². The van der Waals surface area contributed by atoms with Crippen LogP contribution in [-0.2, 0) is 16.4 Å². The van der Waals surface area contributed by atoms with Crippen LogP contribution in [0.25, 0.3) is 0 Å². The van der Waals surface area contributed by atoms with Crippen molar-refractivity contribution in [2.75, 3.05) is 18.1 Å². The number of nitrogens with one attached hydrogen (secondary N) is 1. The number of hydrogen-bond acceptors (Lipinski definition) is 4. The number of nitrogens with zero attached hydrogens (tertiary/aromatic N) is 2. The maximum Gasteiger partial charge on any atom is 0.151 e. The smallest absolute Gasteiger partial charge is 0.151 e. The molecule has 0 saturated carbocycles. The van der Waals surface area contributed by atoms with E-state index in [1.54, 1.807) is 0 Å². The summed E-state index contributed by atoms with van der Waals surface area (Å²) in [4.78, 5) is 0. The van der Waals surface area contributed by atoms with E-state index >= 15 is 0 Å². The van der Waals surface area contributed by atoms with Gasteiger partial charge in [-0.3, -0.25) is 4.68 Å². The third-order valence-corrected chi connectivity index (χ3v) is 4.55. The van der Waals surface area contributed by atoms with E-state index in [1.807, 2.05) is 23.9 Å². The van der Waals surface area contributed by atoms with Gasteiger partial charge in [-0.25, -0.2) is 8.42 Å². The number of rotatable bonds is 4. The molecular formula is C10H17N3O2S. The molecule has 1 aromatic rings. The third-order valence-electron chi connectivity index (χ3n) is 2.78. The van der Waals surface area contributed by atoms with E-state index in [0.29, 0.717) is 5.75 Å². The van der Waals surface area contributed by atoms with E-state index in [2.05, 4.69) is 10.4 Å². The number of sulfone groups is 1. The second-order valence-corrected chi connectivity index (χ2v) is 6.50. The molecule has 1 unspecified atom stereocenters. The Labute approximate surface area is 95.8 Å². The largest absolute Gasteiger partial charge is 0.311 e. The summed E-state index contributed by atoms with van der Waals surface area (Å²) >= 11 is 0. The summed E-state index contributed by atoms with van der Waals surface area (Å²) in [5, 5.41) is 7.52. The summed E-state index contributed by atoms with van der Waals surface area (Å²) in [5.41, 5.74) is 1.00. The van der Waals surface area contributed by atoms with E-state index in [9.17, 15) is 8.42 Å². The summed E-state index contributed by atoms with van der Waals surface area (Å²) in [6.45, 7) is 3.50. The van der Waals surface area contributed by atoms with Crippen LogP contribution in [0.2, 0.25) is 0 Å². The molecule has 0 radical (unpaired) electrons. The summed E-state index contributed by atoms with van der Waals surface area (Å²) < 4.78 is 24.3. The Balaban J connectivity index is 1.73. The van der Waals surface area contributed by atoms with Crippen molar-refractivity contribution in [2.45, 2.75) is 25.9 Å². The number of hydrogen-bond donors (Lipinski definition) is 1. The zero-order valence-corrected chi connectivity index (χ0v) is 10.2. The maximum atomic E-state index is 11.2. The molecule has 2 rings (SSSR count). The minimum Gasteiger partial charge on any atom is -0.311 e. The monoisotopic (exact) mass is 243 g/mol. The quantitative estimate of drug-likeness (QED) is 0.806. The lowest BCUT2D eigenvalue weighted by molar-refractivity contribution is 0.498. The first-order valence-corrected chi connectivity index (χ1v) is 7.31. The predicted octanol–water partition coefficient (Wildman–Crippen LogP) is -0.0318. The fourth-order valence-corrected chi connectivity index (χ4v) is 3.63. The van der Waals surface area contributed by atoms with E-state index in [0.717, 1.165) is 25.2 Å². The van der Waals surface area contributed by atoms with E-state index < -0.39 is 9.84 Å². The van der Waals surface area contributed by atoms with Crippen LogP contribution in [0.4, 0.5) is 0 Å². The minimum absolute atomic E-state index is 0.127. The Hall–Kier alpha value is -0.880. The van der Waals surface area contributed by atoms with Crippen LogP contribution in [0.15, 0.2) is 12.3 Å². The molecule has 16 heavy (non-hydrogen) atoms. The Morgan fingerprint density at radius 1 is 1.62 bits per heavy atom. The van der Waals surface area contributed by atoms with Gasteiger partial charge >= 0.3 is 0 Å². The fraction of sp³-hybridized carbons (Fsp3) is 0.700. The van der Waals surface area contributed by atoms with Crippen molar-refractivity contribution in [1.82, 2.24) is 15.1 Å². The average Bonchev–Trinajstić information content (AvgIpc) is 2.73. The first kappa shape index (κ1) is 11.6. The van der Waals surface area contributed by atoms with Crippen molar-refractivity contribution in [3.63, 3.8) is 0 Å². The van der Waals surface area contributed by atoms with Crippen molar-refractivity contribution in [3.8, 4) is 0 Å². The van der Waals surface area contributed by atoms with E-state index in [-0.39, 0.29) is 11.8 Å². The Kier molecular flexibility index (Phi) is 3.30. The van der Waals surface area contributed by atoms with Gasteiger partial charge in [0.15, 0.2) is 9.84 Å². The Bertz CT molecular complexity index is 452. The van der Waals surface area contributed by atoms with Crippen LogP contribution in [0.3, 0.4) is 0 Å². The zero-order valence-electron chi connectivity index (χ0n) is 9.39. The lowest BCUT2D eigenvalue weighted by Crippen LogP contribution is -2.32. The highest BCUT2D eigenvalue weighted by Crippen LogP contribution is 2.10. The lowest BCUT2D eigenvalue weighted by atomic mass is 10.3. The first-order valence-electron chi connectivity index (χ1n) is 5.49. The van der Waals surface area contributed by atoms with Crippen LogP contribution in [-0.4, -0.2) is 42.3 Å². The van der Waals surface area contributed by atoms with Gasteiger partial charge in [0.1, 0.15) is 0 Å². The second-order valence-electron chi connectivity index (χ2n) is 4.27. The Morgan fingerprint density at radius 3 is 3.00 bits per heavy atom. The predicted molar refractivity (Wildman–Crippen MR) is 62.0 cm³/mol. The average molecular weight is 243 g/mol. The van der Waals surface area contributed by atoms with Gasteiger partial charge < -0.3 is 5.32 Å². The third kappa shape index (κ3) is 3.05. The molecule has 1 aliphatic rings. The molecule has 0 aromatic carbocycles. The van der Waals surface area contributed by atoms with E-state index in [4.69, 9.17) is 0 Å². The minimum atomic E-state index is -2.77. The number of aromatic nitrogens is 2. The fourth-order valence-electron chi connectivity index (χ4n) is 1.93. The Morgan fingerprint density at radius 2 is 2.44 bits per heavy atom. The topological polar surface area (TPSA) is 64.0 Å². The molecule has 1 aromatic heterocycles. The molecule has 1 N–H and O–H groups in total. The van der Waals surface area contributed by atoms with Gasteiger partial charge in [0.25, 0.3) is 0 Å². The highest BCUT2D eigenvalue weighted by Gasteiger charge is 2.26. The van der Waals surface area contributed by atoms with Crippen LogP contribution in [0, 0.1) is 6.92 Å². The van der Waals surface area contributed by atoms with Crippen LogP contribution < -0.4 is 5.32 Å². The molecule has 0 bridgehead atoms. The summed E-state index contributed by atoms with van der Waals surface area (Å²) in [6, 6.07) is 2.08. The first-order chi connectivity index (χ1) is 7.55. The highest BCUT2D eigenvalue weighted by atomic mass is 32.2. The van der Waals surface area contributed by atoms with Crippen molar-refractivity contribution in [2.24, 2.45) is 0 Å². The zero-order chi connectivity index (χ0) is 11.6. The lowest BCUT2D eigenvalue weighted by Gasteiger charge is -2.10. The molecule has 0 amide bonds. The standard InChI is InChI=1S/C10H17N3O2S/c1-9-2-5-13(12-9)6-4-11-10-3-7-16(14,15)8-10/h2,5,10-11H,3-4,6-8H2,1H3. The summed E-state index contributed by atoms with van der Waals surface area (Å²) in [7, 11) is -2.77. The molecule has 0 aliphatic carbocycles. The molecule has 2 heterocycles. The van der Waals surface area contributed by atoms with Crippen LogP contribution in [0.1, 0.15) is 12.1 Å². The molecule has 1 atom stereocenters. The van der Waals surface area contributed by atoms with Crippen molar-refractivity contribution < 1.29 is 8.42 Å². The molecule has 90 valence electrons. The van der Waals surface area contributed by atoms with Gasteiger partial charge in [0.2, 0.25) is 0 Å². The van der Waals surface area contributed by atoms with Crippen LogP contribution >= 0.6 is 0 Å². The van der Waals surface area contributed by atoms with Gasteiger partial charge in [0, 0.05) is 18.8 Å². The summed E-state index contributed by atoms with van der Waals surface area (Å²) in [5.74, 6) is 0.608. The van der Waals surface area contributed by atoms with Crippen LogP contribution in [0.5, 0.6) is 0 Å². The van der Waals surface area contributed by atoms with Crippen molar-refractivity contribution in [1.29, 1.82) is 0 Å². The van der Waals surface area contributed by atoms with E-state index in [1.165, 1.54) is 0 Å². The summed E-state index contributed by atoms with van der Waals surface area (Å²) in [6.07, 6.45) is 2.67. The molecular weight excluding hydrogens is 226 g/mol. The SMILES string of the molecule is Cc1ccn(CCNC2CCS(=O)(=O)C2)n1. The number of aryl methyl sites for hydroxylation is 1. The normalized spacial score (nSPS) is 23.7. The van der Waals surface area contributed by atoms with Gasteiger partial charge in [-0.15, -0.1) is 0 Å². The molecule has 0 spiro atoms. The molecule has 1 fully saturated rings. The maximum absolute atomic E-state index is 11.2. The second kappa shape index (κ2) is 4.55. The molecule has 1 saturated heterocycles. The van der Waals surface area contributed by atoms with Crippen molar-refractivity contribution in [3.05, 3.63) is 18.0 Å². The van der Waals surface area contributed by atoms with Crippen molar-refractivity contribution >= 4 is 9.84 Å². The highest BCUT2D eigenvalue weighted by molar-refractivity contribution is 7.91. The van der Waals surface area contributed by atoms with Gasteiger partial charge in [-0.1, -0.05) is 0 Å². The van der Waals surface area contributed by atoms with Gasteiger partial charge in [-0.05, 0) is 19.4 Å². The molecule has 1 aliphatic heterocycles. The van der Waals surface area contributed by atoms with Gasteiger partial charge in [-0.2, -0.15) is 5.10 Å². The molecule has 6 heteroatoms. The molecule has 5 nitrogen and oxygen atoms in total.